The molecule has 0 aromatic carbocycles. The highest BCUT2D eigenvalue weighted by atomic mass is 16.7. The molecule has 0 aromatic rings. The van der Waals surface area contributed by atoms with Gasteiger partial charge < -0.3 is 43.4 Å². The summed E-state index contributed by atoms with van der Waals surface area (Å²) in [5.41, 5.74) is 0. The van der Waals surface area contributed by atoms with Crippen LogP contribution in [0.1, 0.15) is 260 Å². The first-order valence-corrected chi connectivity index (χ1v) is 29.0. The molecule has 0 spiro atoms. The van der Waals surface area contributed by atoms with Gasteiger partial charge in [-0.25, -0.2) is 4.79 Å². The largest absolute Gasteiger partial charge is 0.481 e. The third-order valence-electron chi connectivity index (χ3n) is 13.3. The summed E-state index contributed by atoms with van der Waals surface area (Å²) in [5, 5.41) is 8.84. The molecule has 2 fully saturated rings. The van der Waals surface area contributed by atoms with Crippen LogP contribution >= 0.6 is 0 Å². The van der Waals surface area contributed by atoms with Crippen molar-refractivity contribution in [2.45, 2.75) is 273 Å². The summed E-state index contributed by atoms with van der Waals surface area (Å²) in [7, 11) is 0. The van der Waals surface area contributed by atoms with E-state index in [1.165, 1.54) is 148 Å². The first kappa shape index (κ1) is 66.2. The van der Waals surface area contributed by atoms with Crippen LogP contribution in [0.5, 0.6) is 0 Å². The highest BCUT2D eigenvalue weighted by molar-refractivity contribution is 5.75. The van der Waals surface area contributed by atoms with E-state index in [4.69, 9.17) is 28.8 Å². The standard InChI is InChI=1S/C21H42O3.C20H40O4.C16H30N2O2/c1-4-6-8-10-12-14-18-23-21(17-16-20(3)22)24-19-15-13-11-9-7-5-2;1-3-5-7-9-11-13-17-23-20(16-15-19(21)22)24-18-14-12-10-8-6-4-2;1-3-17(4-2)10-6-12-20-16(19)18-11-5-7-15(13-18)14-8-9-14/h21H,4-19H2,1-3H3;20H,3-18H2,1-2H3,(H,21,22);14-15H,3-13H2,1-2H3. The Hall–Kier alpha value is -1.79. The number of ketones is 1. The van der Waals surface area contributed by atoms with Gasteiger partial charge in [0.1, 0.15) is 5.78 Å². The Morgan fingerprint density at radius 2 is 0.912 bits per heavy atom. The Kier molecular flexibility index (Phi) is 48.8. The van der Waals surface area contributed by atoms with Crippen molar-refractivity contribution in [1.29, 1.82) is 0 Å². The average Bonchev–Trinajstić information content (AvgIpc) is 4.20. The Bertz CT molecular complexity index is 1010. The van der Waals surface area contributed by atoms with Crippen LogP contribution < -0.4 is 0 Å². The van der Waals surface area contributed by atoms with Crippen molar-refractivity contribution >= 4 is 17.8 Å². The molecule has 404 valence electrons. The zero-order valence-corrected chi connectivity index (χ0v) is 45.8. The van der Waals surface area contributed by atoms with Gasteiger partial charge >= 0.3 is 12.1 Å². The Morgan fingerprint density at radius 3 is 1.28 bits per heavy atom. The Labute approximate surface area is 420 Å². The average molecular weight is 970 g/mol. The van der Waals surface area contributed by atoms with Gasteiger partial charge in [-0.05, 0) is 89.6 Å². The van der Waals surface area contributed by atoms with E-state index in [2.05, 4.69) is 46.4 Å². The molecular weight excluding hydrogens is 857 g/mol. The number of nitrogens with zero attached hydrogens (tertiary/aromatic N) is 2. The fourth-order valence-corrected chi connectivity index (χ4v) is 8.59. The third kappa shape index (κ3) is 44.2. The van der Waals surface area contributed by atoms with Crippen molar-refractivity contribution in [3.63, 3.8) is 0 Å². The van der Waals surface area contributed by atoms with E-state index in [9.17, 15) is 14.4 Å². The second-order valence-corrected chi connectivity index (χ2v) is 19.8. The second-order valence-electron chi connectivity index (χ2n) is 19.8. The summed E-state index contributed by atoms with van der Waals surface area (Å²) < 4.78 is 28.7. The van der Waals surface area contributed by atoms with E-state index in [1.54, 1.807) is 6.92 Å². The number of hydrogen-bond acceptors (Lipinski definition) is 9. The lowest BCUT2D eigenvalue weighted by Crippen LogP contribution is -2.41. The molecule has 0 radical (unpaired) electrons. The zero-order valence-electron chi connectivity index (χ0n) is 45.8. The molecule has 1 unspecified atom stereocenters. The Balaban J connectivity index is 0.000000994. The van der Waals surface area contributed by atoms with E-state index in [0.29, 0.717) is 39.1 Å². The van der Waals surface area contributed by atoms with Crippen LogP contribution in [0, 0.1) is 11.8 Å². The summed E-state index contributed by atoms with van der Waals surface area (Å²) in [5.74, 6) is 1.07. The number of aliphatic carboxylic acids is 1. The predicted octanol–water partition coefficient (Wildman–Crippen LogP) is 15.3. The quantitative estimate of drug-likeness (QED) is 0.0466. The normalized spacial score (nSPS) is 14.8. The van der Waals surface area contributed by atoms with Crippen molar-refractivity contribution in [2.24, 2.45) is 11.8 Å². The van der Waals surface area contributed by atoms with Crippen LogP contribution in [0.25, 0.3) is 0 Å². The highest BCUT2D eigenvalue weighted by Gasteiger charge is 2.35. The highest BCUT2D eigenvalue weighted by Crippen LogP contribution is 2.41. The number of carboxylic acids is 1. The minimum atomic E-state index is -0.786. The van der Waals surface area contributed by atoms with Crippen molar-refractivity contribution in [3.8, 4) is 0 Å². The number of Topliss-reactive ketones (excluding diaryl/α,β-unsaturated/α-hetero) is 1. The topological polar surface area (TPSA) is 124 Å². The van der Waals surface area contributed by atoms with E-state index in [1.807, 2.05) is 4.90 Å². The van der Waals surface area contributed by atoms with Gasteiger partial charge in [-0.2, -0.15) is 0 Å². The van der Waals surface area contributed by atoms with Gasteiger partial charge in [-0.15, -0.1) is 0 Å². The molecule has 11 nitrogen and oxygen atoms in total. The maximum absolute atomic E-state index is 12.1. The summed E-state index contributed by atoms with van der Waals surface area (Å²) in [6.07, 6.45) is 37.2. The number of rotatable bonds is 45. The molecule has 0 aromatic heterocycles. The molecule has 1 heterocycles. The molecule has 2 rings (SSSR count). The van der Waals surface area contributed by atoms with Crippen molar-refractivity contribution in [2.75, 3.05) is 65.8 Å². The van der Waals surface area contributed by atoms with E-state index in [-0.39, 0.29) is 30.9 Å². The van der Waals surface area contributed by atoms with Crippen LogP contribution in [0.3, 0.4) is 0 Å². The fraction of sp³-hybridized carbons (Fsp3) is 0.947. The number of carbonyl (C=O) groups is 3. The van der Waals surface area contributed by atoms with Crippen molar-refractivity contribution in [3.05, 3.63) is 0 Å². The van der Waals surface area contributed by atoms with Crippen LogP contribution in [0.2, 0.25) is 0 Å². The Morgan fingerprint density at radius 1 is 0.515 bits per heavy atom. The fourth-order valence-electron chi connectivity index (χ4n) is 8.59. The minimum absolute atomic E-state index is 0.0881. The molecule has 68 heavy (non-hydrogen) atoms. The molecule has 2 aliphatic rings. The first-order chi connectivity index (χ1) is 33.1. The van der Waals surface area contributed by atoms with E-state index < -0.39 is 5.97 Å². The number of amides is 1. The van der Waals surface area contributed by atoms with Crippen LogP contribution in [0.15, 0.2) is 0 Å². The second kappa shape index (κ2) is 50.2. The van der Waals surface area contributed by atoms with Crippen LogP contribution in [0.4, 0.5) is 4.79 Å². The number of hydrogen-bond donors (Lipinski definition) is 1. The summed E-state index contributed by atoms with van der Waals surface area (Å²) >= 11 is 0. The summed E-state index contributed by atoms with van der Waals surface area (Å²) in [6, 6.07) is 0. The summed E-state index contributed by atoms with van der Waals surface area (Å²) in [6.45, 7) is 23.3. The van der Waals surface area contributed by atoms with Gasteiger partial charge in [0.25, 0.3) is 0 Å². The molecular formula is C57H112N2O9. The molecule has 1 N–H and O–H groups in total. The molecule has 1 saturated carbocycles. The minimum Gasteiger partial charge on any atom is -0.481 e. The van der Waals surface area contributed by atoms with Gasteiger partial charge in [-0.3, -0.25) is 4.79 Å². The lowest BCUT2D eigenvalue weighted by Gasteiger charge is -2.32. The first-order valence-electron chi connectivity index (χ1n) is 29.0. The molecule has 1 saturated heterocycles. The van der Waals surface area contributed by atoms with Crippen LogP contribution in [-0.4, -0.2) is 111 Å². The zero-order chi connectivity index (χ0) is 50.1. The van der Waals surface area contributed by atoms with Crippen LogP contribution in [-0.2, 0) is 33.3 Å². The summed E-state index contributed by atoms with van der Waals surface area (Å²) in [4.78, 5) is 38.3. The number of piperidine rings is 1. The molecule has 11 heteroatoms. The van der Waals surface area contributed by atoms with Gasteiger partial charge in [-0.1, -0.05) is 170 Å². The number of unbranched alkanes of at least 4 members (excludes halogenated alkanes) is 20. The molecule has 1 aliphatic carbocycles. The number of carbonyl (C=O) groups excluding carboxylic acids is 2. The van der Waals surface area contributed by atoms with Crippen molar-refractivity contribution in [1.82, 2.24) is 9.80 Å². The molecule has 1 aliphatic heterocycles. The molecule has 0 bridgehead atoms. The molecule has 1 amide bonds. The maximum Gasteiger partial charge on any atom is 0.409 e. The molecule has 1 atom stereocenters. The number of likely N-dealkylation sites (tertiary alicyclic amines) is 1. The van der Waals surface area contributed by atoms with Crippen molar-refractivity contribution < 1.29 is 43.2 Å². The lowest BCUT2D eigenvalue weighted by atomic mass is 9.94. The van der Waals surface area contributed by atoms with Gasteiger partial charge in [0.05, 0.1) is 13.0 Å². The van der Waals surface area contributed by atoms with Gasteiger partial charge in [0, 0.05) is 65.3 Å². The lowest BCUT2D eigenvalue weighted by molar-refractivity contribution is -0.156. The maximum atomic E-state index is 12.1. The van der Waals surface area contributed by atoms with Gasteiger partial charge in [0.15, 0.2) is 12.6 Å². The smallest absolute Gasteiger partial charge is 0.409 e. The van der Waals surface area contributed by atoms with E-state index >= 15 is 0 Å². The van der Waals surface area contributed by atoms with Gasteiger partial charge in [0.2, 0.25) is 0 Å². The number of carboxylic acid groups (broad SMARTS) is 1. The monoisotopic (exact) mass is 969 g/mol. The third-order valence-corrected chi connectivity index (χ3v) is 13.3. The van der Waals surface area contributed by atoms with E-state index in [0.717, 1.165) is 96.3 Å². The SMILES string of the molecule is CCCCCCCCOC(CCC(=O)O)OCCCCCCCC.CCCCCCCCOC(CCC(C)=O)OCCCCCCCC.CCN(CC)CCCOC(=O)N1CCCC(C2CC2)C1. The number of ether oxygens (including phenoxy) is 5. The predicted molar refractivity (Wildman–Crippen MR) is 282 cm³/mol.